The van der Waals surface area contributed by atoms with Crippen LogP contribution in [0.15, 0.2) is 102 Å². The molecule has 34 heavy (non-hydrogen) atoms. The summed E-state index contributed by atoms with van der Waals surface area (Å²) in [6.07, 6.45) is -0.215. The first-order chi connectivity index (χ1) is 16.5. The maximum Gasteiger partial charge on any atom is 0.294 e. The molecule has 3 aromatic carbocycles. The van der Waals surface area contributed by atoms with Gasteiger partial charge in [-0.2, -0.15) is 0 Å². The molecule has 1 heterocycles. The standard InChI is InChI=1S/C27H25N4O2S/c1-19(2)33-31-24(25(28)32)23-18-34-26(29-23)30-27(20-12-6-3-7-13-20,21-14-8-4-9-15-21)22-16-10-5-11-17-22/h3-19,28H,1-2H3,(H,29,30). The summed E-state index contributed by atoms with van der Waals surface area (Å²) in [6, 6.07) is 30.5. The normalized spacial score (nSPS) is 11.9. The zero-order valence-corrected chi connectivity index (χ0v) is 19.8. The van der Waals surface area contributed by atoms with Gasteiger partial charge in [0.1, 0.15) is 17.3 Å². The maximum atomic E-state index is 11.9. The van der Waals surface area contributed by atoms with Gasteiger partial charge in [0.25, 0.3) is 5.91 Å². The minimum absolute atomic E-state index is 0.122. The van der Waals surface area contributed by atoms with Crippen molar-refractivity contribution >= 4 is 28.1 Å². The highest BCUT2D eigenvalue weighted by Crippen LogP contribution is 2.40. The van der Waals surface area contributed by atoms with Crippen molar-refractivity contribution in [3.63, 3.8) is 0 Å². The zero-order chi connectivity index (χ0) is 24.0. The number of nitrogens with one attached hydrogen (secondary N) is 2. The van der Waals surface area contributed by atoms with Gasteiger partial charge in [-0.15, -0.1) is 11.3 Å². The highest BCUT2D eigenvalue weighted by atomic mass is 32.1. The fraction of sp³-hybridized carbons (Fsp3) is 0.148. The third-order valence-corrected chi connectivity index (χ3v) is 5.99. The van der Waals surface area contributed by atoms with Crippen molar-refractivity contribution in [2.45, 2.75) is 25.5 Å². The molecular formula is C27H25N4O2S. The number of carbonyl (C=O) groups is 1. The Morgan fingerprint density at radius 3 is 1.79 bits per heavy atom. The van der Waals surface area contributed by atoms with Crippen molar-refractivity contribution in [1.82, 2.24) is 10.7 Å². The number of rotatable bonds is 9. The van der Waals surface area contributed by atoms with Crippen LogP contribution in [-0.4, -0.2) is 22.7 Å². The fourth-order valence-corrected chi connectivity index (χ4v) is 4.49. The maximum absolute atomic E-state index is 11.9. The molecule has 0 aliphatic rings. The van der Waals surface area contributed by atoms with E-state index in [1.807, 2.05) is 54.6 Å². The van der Waals surface area contributed by atoms with Crippen LogP contribution in [0.3, 0.4) is 0 Å². The summed E-state index contributed by atoms with van der Waals surface area (Å²) >= 11 is 1.35. The van der Waals surface area contributed by atoms with Gasteiger partial charge in [0.15, 0.2) is 10.8 Å². The van der Waals surface area contributed by atoms with Crippen LogP contribution in [0.4, 0.5) is 5.13 Å². The predicted octanol–water partition coefficient (Wildman–Crippen LogP) is 5.49. The molecule has 0 bridgehead atoms. The van der Waals surface area contributed by atoms with Crippen LogP contribution < -0.4 is 11.1 Å². The molecule has 0 fully saturated rings. The van der Waals surface area contributed by atoms with Gasteiger partial charge in [-0.05, 0) is 30.5 Å². The second-order valence-electron chi connectivity index (χ2n) is 7.93. The van der Waals surface area contributed by atoms with Crippen LogP contribution >= 0.6 is 11.3 Å². The summed E-state index contributed by atoms with van der Waals surface area (Å²) in [5.74, 6) is -0.946. The monoisotopic (exact) mass is 469 g/mol. The number of oxime groups is 1. The molecule has 1 amide bonds. The molecule has 0 aliphatic heterocycles. The second kappa shape index (κ2) is 10.3. The summed E-state index contributed by atoms with van der Waals surface area (Å²) in [4.78, 5) is 21.8. The summed E-state index contributed by atoms with van der Waals surface area (Å²) in [6.45, 7) is 3.61. The Morgan fingerprint density at radius 1 is 0.912 bits per heavy atom. The Morgan fingerprint density at radius 2 is 1.38 bits per heavy atom. The van der Waals surface area contributed by atoms with Gasteiger partial charge in [0.2, 0.25) is 0 Å². The van der Waals surface area contributed by atoms with Crippen molar-refractivity contribution in [2.75, 3.05) is 5.32 Å². The highest BCUT2D eigenvalue weighted by Gasteiger charge is 2.37. The topological polar surface area (TPSA) is 87.4 Å². The van der Waals surface area contributed by atoms with Crippen LogP contribution in [0, 0.1) is 0 Å². The molecule has 6 nitrogen and oxygen atoms in total. The lowest BCUT2D eigenvalue weighted by molar-refractivity contribution is -0.112. The van der Waals surface area contributed by atoms with E-state index in [9.17, 15) is 4.79 Å². The van der Waals surface area contributed by atoms with E-state index in [0.29, 0.717) is 10.8 Å². The number of hydrogen-bond donors (Lipinski definition) is 1. The molecule has 4 rings (SSSR count). The smallest absolute Gasteiger partial charge is 0.294 e. The van der Waals surface area contributed by atoms with Gasteiger partial charge in [-0.3, -0.25) is 10.5 Å². The number of carbonyl (C=O) groups excluding carboxylic acids is 1. The fourth-order valence-electron chi connectivity index (χ4n) is 3.74. The van der Waals surface area contributed by atoms with Crippen molar-refractivity contribution in [3.05, 3.63) is 119 Å². The summed E-state index contributed by atoms with van der Waals surface area (Å²) in [5.41, 5.74) is 10.2. The molecule has 0 aliphatic carbocycles. The second-order valence-corrected chi connectivity index (χ2v) is 8.79. The van der Waals surface area contributed by atoms with Crippen molar-refractivity contribution in [3.8, 4) is 0 Å². The van der Waals surface area contributed by atoms with Gasteiger partial charge in [0.05, 0.1) is 0 Å². The molecule has 1 radical (unpaired) electrons. The SMILES string of the molecule is CC(C)ON=C(C([NH])=O)c1csc(NC(c2ccccc2)(c2ccccc2)c2ccccc2)n1. The van der Waals surface area contributed by atoms with E-state index >= 15 is 0 Å². The van der Waals surface area contributed by atoms with Crippen molar-refractivity contribution in [1.29, 1.82) is 0 Å². The largest absolute Gasteiger partial charge is 0.392 e. The van der Waals surface area contributed by atoms with E-state index in [0.717, 1.165) is 16.7 Å². The van der Waals surface area contributed by atoms with Crippen LogP contribution in [0.1, 0.15) is 36.2 Å². The number of amides is 1. The first-order valence-corrected chi connectivity index (χ1v) is 11.8. The predicted molar refractivity (Wildman–Crippen MR) is 136 cm³/mol. The Kier molecular flexibility index (Phi) is 7.04. The van der Waals surface area contributed by atoms with Crippen molar-refractivity contribution < 1.29 is 9.63 Å². The van der Waals surface area contributed by atoms with Crippen LogP contribution in [0.25, 0.3) is 0 Å². The average molecular weight is 470 g/mol. The molecule has 7 heteroatoms. The molecule has 4 aromatic rings. The molecule has 1 aromatic heterocycles. The molecular weight excluding hydrogens is 444 g/mol. The molecule has 0 atom stereocenters. The van der Waals surface area contributed by atoms with E-state index in [1.54, 1.807) is 19.2 Å². The van der Waals surface area contributed by atoms with Crippen LogP contribution in [0.5, 0.6) is 0 Å². The first kappa shape index (κ1) is 23.2. The average Bonchev–Trinajstić information content (AvgIpc) is 3.32. The lowest BCUT2D eigenvalue weighted by Gasteiger charge is -2.36. The van der Waals surface area contributed by atoms with Crippen molar-refractivity contribution in [2.24, 2.45) is 5.16 Å². The summed E-state index contributed by atoms with van der Waals surface area (Å²) in [5, 5.41) is 9.83. The molecule has 0 spiro atoms. The lowest BCUT2D eigenvalue weighted by Crippen LogP contribution is -2.38. The first-order valence-electron chi connectivity index (χ1n) is 10.9. The van der Waals surface area contributed by atoms with Crippen LogP contribution in [0.2, 0.25) is 0 Å². The molecule has 0 unspecified atom stereocenters. The Labute approximate surface area is 203 Å². The number of hydrogen-bond acceptors (Lipinski definition) is 6. The number of anilines is 1. The Bertz CT molecular complexity index is 1160. The van der Waals surface area contributed by atoms with Gasteiger partial charge < -0.3 is 10.2 Å². The lowest BCUT2D eigenvalue weighted by atomic mass is 9.77. The van der Waals surface area contributed by atoms with Gasteiger partial charge >= 0.3 is 0 Å². The molecule has 0 saturated heterocycles. The minimum Gasteiger partial charge on any atom is -0.392 e. The summed E-state index contributed by atoms with van der Waals surface area (Å²) in [7, 11) is 0. The molecule has 0 saturated carbocycles. The van der Waals surface area contributed by atoms with E-state index in [1.165, 1.54) is 11.3 Å². The highest BCUT2D eigenvalue weighted by molar-refractivity contribution is 7.14. The van der Waals surface area contributed by atoms with E-state index in [4.69, 9.17) is 10.6 Å². The quantitative estimate of drug-likeness (QED) is 0.200. The number of nitrogens with zero attached hydrogens (tertiary/aromatic N) is 2. The Hall–Kier alpha value is -3.97. The van der Waals surface area contributed by atoms with Gasteiger partial charge in [0, 0.05) is 5.38 Å². The van der Waals surface area contributed by atoms with E-state index in [-0.39, 0.29) is 11.8 Å². The van der Waals surface area contributed by atoms with E-state index < -0.39 is 11.4 Å². The molecule has 171 valence electrons. The summed E-state index contributed by atoms with van der Waals surface area (Å²) < 4.78 is 0. The third kappa shape index (κ3) is 4.84. The van der Waals surface area contributed by atoms with E-state index in [2.05, 4.69) is 51.9 Å². The number of benzene rings is 3. The van der Waals surface area contributed by atoms with Crippen LogP contribution in [-0.2, 0) is 15.2 Å². The van der Waals surface area contributed by atoms with Gasteiger partial charge in [-0.25, -0.2) is 4.98 Å². The number of thiazole rings is 1. The minimum atomic E-state index is -0.946. The van der Waals surface area contributed by atoms with Gasteiger partial charge in [-0.1, -0.05) is 96.2 Å². The number of aromatic nitrogens is 1. The Balaban J connectivity index is 1.85. The molecule has 2 N–H and O–H groups in total. The third-order valence-electron chi connectivity index (χ3n) is 5.23. The zero-order valence-electron chi connectivity index (χ0n) is 18.9.